The van der Waals surface area contributed by atoms with Crippen molar-refractivity contribution in [3.05, 3.63) is 125 Å². The van der Waals surface area contributed by atoms with E-state index in [1.54, 1.807) is 19.1 Å². The summed E-state index contributed by atoms with van der Waals surface area (Å²) in [4.78, 5) is 13.7. The Morgan fingerprint density at radius 2 is 1.60 bits per heavy atom. The average molecular weight is 685 g/mol. The molecule has 0 aromatic heterocycles. The van der Waals surface area contributed by atoms with Crippen LogP contribution in [0.3, 0.4) is 0 Å². The molecule has 5 rings (SSSR count). The van der Waals surface area contributed by atoms with Crippen LogP contribution in [-0.2, 0) is 21.2 Å². The lowest BCUT2D eigenvalue weighted by atomic mass is 9.84. The molecule has 0 bridgehead atoms. The predicted octanol–water partition coefficient (Wildman–Crippen LogP) is 5.33. The van der Waals surface area contributed by atoms with E-state index in [0.717, 1.165) is 24.3 Å². The van der Waals surface area contributed by atoms with Crippen LogP contribution in [-0.4, -0.2) is 57.0 Å². The van der Waals surface area contributed by atoms with Crippen LogP contribution in [0.15, 0.2) is 89.8 Å². The molecule has 13 heteroatoms. The Balaban J connectivity index is 1.39. The fourth-order valence-corrected chi connectivity index (χ4v) is 8.01. The fourth-order valence-electron chi connectivity index (χ4n) is 6.17. The summed E-state index contributed by atoms with van der Waals surface area (Å²) in [5.41, 5.74) is 7.04. The molecule has 1 heterocycles. The number of nitrogens with zero attached hydrogens (tertiary/aromatic N) is 1. The minimum atomic E-state index is -3.93. The molecule has 0 radical (unpaired) electrons. The van der Waals surface area contributed by atoms with E-state index < -0.39 is 63.2 Å². The number of rotatable bonds is 11. The Bertz CT molecular complexity index is 1840. The lowest BCUT2D eigenvalue weighted by Gasteiger charge is -2.40. The van der Waals surface area contributed by atoms with Gasteiger partial charge in [0.2, 0.25) is 15.9 Å². The topological polar surface area (TPSA) is 114 Å². The summed E-state index contributed by atoms with van der Waals surface area (Å²) < 4.78 is 91.7. The van der Waals surface area contributed by atoms with E-state index in [9.17, 15) is 26.4 Å². The number of sulfonamides is 1. The molecule has 4 N–H and O–H groups in total. The van der Waals surface area contributed by atoms with Gasteiger partial charge in [-0.2, -0.15) is 4.31 Å². The maximum Gasteiger partial charge on any atom is 0.243 e. The number of halogens is 4. The molecule has 1 aliphatic heterocycles. The fraction of sp³-hybridized carbons (Fsp3) is 0.286. The minimum absolute atomic E-state index is 0.0540. The normalized spacial score (nSPS) is 18.2. The molecule has 254 valence electrons. The van der Waals surface area contributed by atoms with Gasteiger partial charge in [0, 0.05) is 48.4 Å². The number of carbonyl (C=O) groups excluding carboxylic acids is 1. The summed E-state index contributed by atoms with van der Waals surface area (Å²) in [6.07, 6.45) is 0.269. The highest BCUT2D eigenvalue weighted by Gasteiger charge is 2.38. The summed E-state index contributed by atoms with van der Waals surface area (Å²) >= 11 is 0. The van der Waals surface area contributed by atoms with Gasteiger partial charge >= 0.3 is 0 Å². The van der Waals surface area contributed by atoms with Crippen molar-refractivity contribution in [1.29, 1.82) is 0 Å². The Labute approximate surface area is 277 Å². The summed E-state index contributed by atoms with van der Waals surface area (Å²) in [6, 6.07) is 15.7. The Morgan fingerprint density at radius 1 is 0.938 bits per heavy atom. The number of benzene rings is 4. The molecule has 8 nitrogen and oxygen atoms in total. The lowest BCUT2D eigenvalue weighted by Crippen LogP contribution is -2.58. The first-order valence-electron chi connectivity index (χ1n) is 15.3. The van der Waals surface area contributed by atoms with Crippen LogP contribution >= 0.6 is 0 Å². The van der Waals surface area contributed by atoms with Crippen LogP contribution in [0.1, 0.15) is 36.0 Å². The molecule has 4 aromatic rings. The number of methoxy groups -OCH3 is 1. The van der Waals surface area contributed by atoms with Gasteiger partial charge in [0.1, 0.15) is 29.0 Å². The number of hydrogen-bond acceptors (Lipinski definition) is 6. The second kappa shape index (κ2) is 14.9. The summed E-state index contributed by atoms with van der Waals surface area (Å²) in [5, 5.41) is 5.90. The third-order valence-corrected chi connectivity index (χ3v) is 10.6. The molecule has 0 unspecified atom stereocenters. The van der Waals surface area contributed by atoms with Crippen molar-refractivity contribution in [1.82, 2.24) is 9.62 Å². The van der Waals surface area contributed by atoms with Crippen molar-refractivity contribution in [2.24, 2.45) is 5.73 Å². The van der Waals surface area contributed by atoms with Crippen molar-refractivity contribution in [3.63, 3.8) is 0 Å². The average Bonchev–Trinajstić information content (AvgIpc) is 3.05. The van der Waals surface area contributed by atoms with Crippen molar-refractivity contribution in [3.8, 4) is 5.75 Å². The smallest absolute Gasteiger partial charge is 0.243 e. The highest BCUT2D eigenvalue weighted by molar-refractivity contribution is 7.89. The first kappa shape index (κ1) is 35.0. The van der Waals surface area contributed by atoms with E-state index in [1.165, 1.54) is 53.9 Å². The maximum absolute atomic E-state index is 15.4. The molecule has 0 aliphatic carbocycles. The van der Waals surface area contributed by atoms with Gasteiger partial charge in [0.15, 0.2) is 0 Å². The molecule has 0 spiro atoms. The van der Waals surface area contributed by atoms with E-state index >= 15 is 4.39 Å². The van der Waals surface area contributed by atoms with Crippen molar-refractivity contribution in [2.45, 2.75) is 48.7 Å². The minimum Gasteiger partial charge on any atom is -0.497 e. The van der Waals surface area contributed by atoms with Crippen LogP contribution in [0.4, 0.5) is 23.2 Å². The number of carbonyl (C=O) groups is 1. The standard InChI is InChI=1S/C35H36F4N4O4S/c1-21-19-41-20-27(43(21)48(45,46)29-13-11-28(47-2)12-14-29)10-15-30-31(39)4-3-5-32(30)42-35(44)34(40)33(22-6-8-24(36)9-7-22)23-16-25(37)18-26(38)17-23/h3-9,11-14,16-18,21,27,33-34,41H,10,15,19-20,40H2,1-2H3,(H,42,44)/t21-,27-,33-,34-/m0/s1. The molecule has 1 aliphatic rings. The first-order valence-corrected chi connectivity index (χ1v) is 16.8. The maximum atomic E-state index is 15.4. The molecule has 1 saturated heterocycles. The van der Waals surface area contributed by atoms with Crippen LogP contribution in [0.2, 0.25) is 0 Å². The Hall–Kier alpha value is -4.30. The third-order valence-electron chi connectivity index (χ3n) is 8.49. The number of nitrogens with two attached hydrogens (primary N) is 1. The summed E-state index contributed by atoms with van der Waals surface area (Å²) in [5.74, 6) is -4.29. The molecular weight excluding hydrogens is 648 g/mol. The van der Waals surface area contributed by atoms with Crippen LogP contribution in [0.5, 0.6) is 5.75 Å². The van der Waals surface area contributed by atoms with E-state index in [4.69, 9.17) is 10.5 Å². The largest absolute Gasteiger partial charge is 0.497 e. The number of anilines is 1. The zero-order valence-electron chi connectivity index (χ0n) is 26.3. The van der Waals surface area contributed by atoms with Crippen molar-refractivity contribution < 1.29 is 35.5 Å². The highest BCUT2D eigenvalue weighted by atomic mass is 32.2. The van der Waals surface area contributed by atoms with E-state index in [-0.39, 0.29) is 34.6 Å². The second-order valence-corrected chi connectivity index (χ2v) is 13.6. The van der Waals surface area contributed by atoms with E-state index in [2.05, 4.69) is 10.6 Å². The Kier molecular flexibility index (Phi) is 10.8. The van der Waals surface area contributed by atoms with Crippen LogP contribution in [0.25, 0.3) is 0 Å². The van der Waals surface area contributed by atoms with Gasteiger partial charge in [0.05, 0.1) is 18.0 Å². The quantitative estimate of drug-likeness (QED) is 0.184. The van der Waals surface area contributed by atoms with Gasteiger partial charge in [-0.15, -0.1) is 0 Å². The lowest BCUT2D eigenvalue weighted by molar-refractivity contribution is -0.117. The molecule has 1 fully saturated rings. The molecule has 48 heavy (non-hydrogen) atoms. The van der Waals surface area contributed by atoms with Gasteiger partial charge in [-0.25, -0.2) is 26.0 Å². The molecule has 4 aromatic carbocycles. The number of piperazine rings is 1. The molecule has 4 atom stereocenters. The number of nitrogens with one attached hydrogen (secondary N) is 2. The van der Waals surface area contributed by atoms with E-state index in [0.29, 0.717) is 30.5 Å². The van der Waals surface area contributed by atoms with Gasteiger partial charge in [-0.1, -0.05) is 18.2 Å². The number of amides is 1. The molecule has 0 saturated carbocycles. The van der Waals surface area contributed by atoms with Gasteiger partial charge in [-0.05, 0) is 91.6 Å². The molecular formula is C35H36F4N4O4S. The Morgan fingerprint density at radius 3 is 2.25 bits per heavy atom. The number of hydrogen-bond donors (Lipinski definition) is 3. The van der Waals surface area contributed by atoms with E-state index in [1.807, 2.05) is 0 Å². The van der Waals surface area contributed by atoms with Gasteiger partial charge in [0.25, 0.3) is 0 Å². The highest BCUT2D eigenvalue weighted by Crippen LogP contribution is 2.32. The van der Waals surface area contributed by atoms with Gasteiger partial charge < -0.3 is 21.1 Å². The van der Waals surface area contributed by atoms with Crippen molar-refractivity contribution >= 4 is 21.6 Å². The zero-order chi connectivity index (χ0) is 34.6. The van der Waals surface area contributed by atoms with Crippen LogP contribution in [0, 0.1) is 23.3 Å². The van der Waals surface area contributed by atoms with Crippen LogP contribution < -0.4 is 21.1 Å². The summed E-state index contributed by atoms with van der Waals surface area (Å²) in [6.45, 7) is 2.54. The third kappa shape index (κ3) is 7.70. The van der Waals surface area contributed by atoms with Gasteiger partial charge in [-0.3, -0.25) is 4.79 Å². The number of ether oxygens (including phenoxy) is 1. The second-order valence-electron chi connectivity index (χ2n) is 11.7. The first-order chi connectivity index (χ1) is 22.9. The molecule has 1 amide bonds. The summed E-state index contributed by atoms with van der Waals surface area (Å²) in [7, 11) is -2.44. The zero-order valence-corrected chi connectivity index (χ0v) is 27.1. The predicted molar refractivity (Wildman–Crippen MR) is 174 cm³/mol. The monoisotopic (exact) mass is 684 g/mol. The SMILES string of the molecule is COc1ccc(S(=O)(=O)N2[C@@H](CCc3c(F)cccc3NC(=O)[C@@H](N)[C@@H](c3ccc(F)cc3)c3cc(F)cc(F)c3)CNC[C@@H]2C)cc1. The van der Waals surface area contributed by atoms with Crippen molar-refractivity contribution in [2.75, 3.05) is 25.5 Å².